The molecule has 1 aliphatic carbocycles. The zero-order chi connectivity index (χ0) is 7.03. The Kier molecular flexibility index (Phi) is 1.21. The molecule has 54 valence electrons. The molecule has 0 unspecified atom stereocenters. The number of hydrogen-bond acceptors (Lipinski definition) is 2. The van der Waals surface area contributed by atoms with Crippen molar-refractivity contribution in [3.05, 3.63) is 0 Å². The highest BCUT2D eigenvalue weighted by atomic mass is 15.2. The highest BCUT2D eigenvalue weighted by Crippen LogP contribution is 2.42. The fourth-order valence-electron chi connectivity index (χ4n) is 1.76. The maximum atomic E-state index is 8.83. The van der Waals surface area contributed by atoms with Crippen LogP contribution < -0.4 is 0 Å². The van der Waals surface area contributed by atoms with E-state index in [0.717, 1.165) is 25.9 Å². The molecule has 0 N–H and O–H groups in total. The summed E-state index contributed by atoms with van der Waals surface area (Å²) in [5.74, 6) is 0. The van der Waals surface area contributed by atoms with E-state index in [2.05, 4.69) is 11.0 Å². The van der Waals surface area contributed by atoms with Crippen molar-refractivity contribution in [1.82, 2.24) is 4.90 Å². The van der Waals surface area contributed by atoms with Crippen molar-refractivity contribution >= 4 is 0 Å². The van der Waals surface area contributed by atoms with Crippen molar-refractivity contribution in [3.63, 3.8) is 0 Å². The van der Waals surface area contributed by atoms with Crippen LogP contribution in [0.1, 0.15) is 25.7 Å². The molecule has 2 fully saturated rings. The molecular weight excluding hydrogens is 124 g/mol. The van der Waals surface area contributed by atoms with Gasteiger partial charge in [0.15, 0.2) is 0 Å². The van der Waals surface area contributed by atoms with Gasteiger partial charge in [0.25, 0.3) is 0 Å². The molecule has 1 heterocycles. The summed E-state index contributed by atoms with van der Waals surface area (Å²) in [6.07, 6.45) is 4.82. The summed E-state index contributed by atoms with van der Waals surface area (Å²) in [5.41, 5.74) is 0.0104. The average Bonchev–Trinajstić information content (AvgIpc) is 2.58. The Morgan fingerprint density at radius 1 is 1.20 bits per heavy atom. The Labute approximate surface area is 61.4 Å². The van der Waals surface area contributed by atoms with E-state index in [1.807, 2.05) is 0 Å². The second-order valence-electron chi connectivity index (χ2n) is 3.34. The first-order valence-electron chi connectivity index (χ1n) is 4.04. The van der Waals surface area contributed by atoms with Gasteiger partial charge in [-0.3, -0.25) is 4.90 Å². The predicted molar refractivity (Wildman–Crippen MR) is 38.4 cm³/mol. The van der Waals surface area contributed by atoms with Crippen LogP contribution >= 0.6 is 0 Å². The Morgan fingerprint density at radius 2 is 1.80 bits per heavy atom. The third-order valence-corrected chi connectivity index (χ3v) is 2.64. The lowest BCUT2D eigenvalue weighted by atomic mass is 10.3. The molecule has 2 heteroatoms. The van der Waals surface area contributed by atoms with Crippen LogP contribution in [0.2, 0.25) is 0 Å². The van der Waals surface area contributed by atoms with Gasteiger partial charge in [-0.25, -0.2) is 0 Å². The Balaban J connectivity index is 2.05. The molecule has 0 bridgehead atoms. The van der Waals surface area contributed by atoms with Gasteiger partial charge in [-0.1, -0.05) is 0 Å². The van der Waals surface area contributed by atoms with Crippen LogP contribution in [0, 0.1) is 11.3 Å². The molecule has 0 radical (unpaired) electrons. The van der Waals surface area contributed by atoms with Crippen LogP contribution in [0.5, 0.6) is 0 Å². The number of nitrogens with zero attached hydrogens (tertiary/aromatic N) is 2. The van der Waals surface area contributed by atoms with Crippen molar-refractivity contribution in [2.75, 3.05) is 13.1 Å². The predicted octanol–water partition coefficient (Wildman–Crippen LogP) is 1.14. The monoisotopic (exact) mass is 136 g/mol. The lowest BCUT2D eigenvalue weighted by Gasteiger charge is -2.19. The van der Waals surface area contributed by atoms with Crippen LogP contribution in [0.3, 0.4) is 0 Å². The first-order valence-corrected chi connectivity index (χ1v) is 4.04. The third-order valence-electron chi connectivity index (χ3n) is 2.64. The minimum Gasteiger partial charge on any atom is -0.286 e. The van der Waals surface area contributed by atoms with Crippen LogP contribution in [-0.2, 0) is 0 Å². The first kappa shape index (κ1) is 6.18. The zero-order valence-electron chi connectivity index (χ0n) is 6.14. The van der Waals surface area contributed by atoms with Crippen molar-refractivity contribution in [2.45, 2.75) is 31.2 Å². The molecule has 2 rings (SSSR count). The van der Waals surface area contributed by atoms with Crippen molar-refractivity contribution in [1.29, 1.82) is 5.26 Å². The summed E-state index contributed by atoms with van der Waals surface area (Å²) in [5, 5.41) is 8.83. The molecule has 2 aliphatic rings. The summed E-state index contributed by atoms with van der Waals surface area (Å²) in [7, 11) is 0. The molecule has 0 aromatic rings. The van der Waals surface area contributed by atoms with Crippen molar-refractivity contribution in [2.24, 2.45) is 0 Å². The molecule has 0 amide bonds. The molecule has 2 nitrogen and oxygen atoms in total. The summed E-state index contributed by atoms with van der Waals surface area (Å²) < 4.78 is 0. The molecular formula is C8H12N2. The largest absolute Gasteiger partial charge is 0.286 e. The lowest BCUT2D eigenvalue weighted by molar-refractivity contribution is 0.272. The van der Waals surface area contributed by atoms with Crippen LogP contribution in [0.25, 0.3) is 0 Å². The second kappa shape index (κ2) is 1.96. The van der Waals surface area contributed by atoms with E-state index >= 15 is 0 Å². The Hall–Kier alpha value is -0.550. The second-order valence-corrected chi connectivity index (χ2v) is 3.34. The SMILES string of the molecule is N#CC1(N2CCCC2)CC1. The number of hydrogen-bond donors (Lipinski definition) is 0. The van der Waals surface area contributed by atoms with E-state index in [4.69, 9.17) is 5.26 Å². The number of likely N-dealkylation sites (tertiary alicyclic amines) is 1. The van der Waals surface area contributed by atoms with E-state index < -0.39 is 0 Å². The van der Waals surface area contributed by atoms with Gasteiger partial charge in [-0.2, -0.15) is 5.26 Å². The smallest absolute Gasteiger partial charge is 0.109 e. The minimum absolute atomic E-state index is 0.0104. The topological polar surface area (TPSA) is 27.0 Å². The average molecular weight is 136 g/mol. The summed E-state index contributed by atoms with van der Waals surface area (Å²) in [4.78, 5) is 2.35. The highest BCUT2D eigenvalue weighted by molar-refractivity contribution is 5.19. The van der Waals surface area contributed by atoms with Gasteiger partial charge in [0.2, 0.25) is 0 Å². The molecule has 0 aromatic heterocycles. The van der Waals surface area contributed by atoms with E-state index in [9.17, 15) is 0 Å². The van der Waals surface area contributed by atoms with Gasteiger partial charge >= 0.3 is 0 Å². The van der Waals surface area contributed by atoms with Gasteiger partial charge in [0.1, 0.15) is 5.54 Å². The van der Waals surface area contributed by atoms with Crippen LogP contribution in [-0.4, -0.2) is 23.5 Å². The fourth-order valence-corrected chi connectivity index (χ4v) is 1.76. The quantitative estimate of drug-likeness (QED) is 0.540. The van der Waals surface area contributed by atoms with Crippen molar-refractivity contribution < 1.29 is 0 Å². The van der Waals surface area contributed by atoms with E-state index in [0.29, 0.717) is 0 Å². The number of nitriles is 1. The fraction of sp³-hybridized carbons (Fsp3) is 0.875. The van der Waals surface area contributed by atoms with E-state index in [1.54, 1.807) is 0 Å². The van der Waals surface area contributed by atoms with Gasteiger partial charge < -0.3 is 0 Å². The van der Waals surface area contributed by atoms with E-state index in [-0.39, 0.29) is 5.54 Å². The normalized spacial score (nSPS) is 29.9. The van der Waals surface area contributed by atoms with Gasteiger partial charge in [-0.15, -0.1) is 0 Å². The maximum absolute atomic E-state index is 8.83. The van der Waals surface area contributed by atoms with E-state index in [1.165, 1.54) is 12.8 Å². The van der Waals surface area contributed by atoms with Gasteiger partial charge in [-0.05, 0) is 38.8 Å². The van der Waals surface area contributed by atoms with Crippen LogP contribution in [0.4, 0.5) is 0 Å². The summed E-state index contributed by atoms with van der Waals surface area (Å²) >= 11 is 0. The van der Waals surface area contributed by atoms with Gasteiger partial charge in [0, 0.05) is 0 Å². The zero-order valence-corrected chi connectivity index (χ0v) is 6.14. The molecule has 1 saturated heterocycles. The molecule has 1 aliphatic heterocycles. The minimum atomic E-state index is 0.0104. The maximum Gasteiger partial charge on any atom is 0.109 e. The lowest BCUT2D eigenvalue weighted by Crippen LogP contribution is -2.33. The van der Waals surface area contributed by atoms with Gasteiger partial charge in [0.05, 0.1) is 6.07 Å². The summed E-state index contributed by atoms with van der Waals surface area (Å²) in [6.45, 7) is 2.32. The first-order chi connectivity index (χ1) is 4.87. The molecule has 1 saturated carbocycles. The molecule has 0 aromatic carbocycles. The molecule has 10 heavy (non-hydrogen) atoms. The summed E-state index contributed by atoms with van der Waals surface area (Å²) in [6, 6.07) is 2.42. The van der Waals surface area contributed by atoms with Crippen molar-refractivity contribution in [3.8, 4) is 6.07 Å². The molecule has 0 spiro atoms. The standard InChI is InChI=1S/C8H12N2/c9-7-8(3-4-8)10-5-1-2-6-10/h1-6H2. The number of rotatable bonds is 1. The highest BCUT2D eigenvalue weighted by Gasteiger charge is 2.49. The molecule has 0 atom stereocenters. The van der Waals surface area contributed by atoms with Crippen LogP contribution in [0.15, 0.2) is 0 Å². The Bertz CT molecular complexity index is 170. The Morgan fingerprint density at radius 3 is 2.20 bits per heavy atom. The third kappa shape index (κ3) is 0.741.